The van der Waals surface area contributed by atoms with Gasteiger partial charge < -0.3 is 19.9 Å². The molecule has 7 heteroatoms. The van der Waals surface area contributed by atoms with Crippen molar-refractivity contribution in [1.82, 2.24) is 15.2 Å². The van der Waals surface area contributed by atoms with Gasteiger partial charge in [-0.05, 0) is 60.9 Å². The predicted octanol–water partition coefficient (Wildman–Crippen LogP) is 3.95. The second-order valence-corrected chi connectivity index (χ2v) is 10.5. The molecule has 0 saturated carbocycles. The lowest BCUT2D eigenvalue weighted by Gasteiger charge is -2.41. The molecule has 0 amide bonds. The average molecular weight is 492 g/mol. The number of rotatable bonds is 4. The summed E-state index contributed by atoms with van der Waals surface area (Å²) >= 11 is 6.43. The molecule has 6 rings (SSSR count). The highest BCUT2D eigenvalue weighted by molar-refractivity contribution is 6.35. The van der Waals surface area contributed by atoms with Crippen molar-refractivity contribution in [3.63, 3.8) is 0 Å². The topological polar surface area (TPSA) is 43.9 Å². The number of benzene rings is 2. The molecule has 1 N–H and O–H groups in total. The number of aromatic nitrogens is 1. The Kier molecular flexibility index (Phi) is 6.54. The first kappa shape index (κ1) is 23.0. The van der Waals surface area contributed by atoms with Crippen molar-refractivity contribution < 1.29 is 4.74 Å². The van der Waals surface area contributed by atoms with E-state index in [1.807, 2.05) is 18.3 Å². The Morgan fingerprint density at radius 2 is 1.91 bits per heavy atom. The Bertz CT molecular complexity index is 1200. The van der Waals surface area contributed by atoms with Gasteiger partial charge in [-0.15, -0.1) is 0 Å². The number of morpholine rings is 1. The molecule has 3 aliphatic heterocycles. The lowest BCUT2D eigenvalue weighted by Crippen LogP contribution is -2.51. The van der Waals surface area contributed by atoms with E-state index >= 15 is 0 Å². The SMILES string of the molecule is C[C@@H]1CN(c2ccc(Cl)c3ncccc23)C[C@H](CN2CCc3cc(N4CCNCC4)ccc3C2)O1. The molecule has 0 radical (unpaired) electrons. The Balaban J connectivity index is 1.14. The Hall–Kier alpha value is -2.38. The second-order valence-electron chi connectivity index (χ2n) is 10.1. The smallest absolute Gasteiger partial charge is 0.0908 e. The molecule has 2 aromatic carbocycles. The number of piperazine rings is 1. The van der Waals surface area contributed by atoms with Gasteiger partial charge in [-0.3, -0.25) is 9.88 Å². The maximum atomic E-state index is 6.43. The number of fused-ring (bicyclic) bond motifs is 2. The highest BCUT2D eigenvalue weighted by Crippen LogP contribution is 2.33. The minimum Gasteiger partial charge on any atom is -0.370 e. The fraction of sp³-hybridized carbons (Fsp3) is 0.464. The molecule has 35 heavy (non-hydrogen) atoms. The minimum absolute atomic E-state index is 0.169. The molecule has 0 spiro atoms. The van der Waals surface area contributed by atoms with Gasteiger partial charge in [0.05, 0.1) is 22.7 Å². The van der Waals surface area contributed by atoms with Crippen molar-refractivity contribution in [2.45, 2.75) is 32.1 Å². The normalized spacial score (nSPS) is 23.5. The van der Waals surface area contributed by atoms with E-state index < -0.39 is 0 Å². The van der Waals surface area contributed by atoms with Gasteiger partial charge in [0, 0.05) is 81.9 Å². The van der Waals surface area contributed by atoms with E-state index in [9.17, 15) is 0 Å². The van der Waals surface area contributed by atoms with E-state index in [0.717, 1.165) is 76.2 Å². The van der Waals surface area contributed by atoms with Crippen molar-refractivity contribution in [2.75, 3.05) is 62.2 Å². The summed E-state index contributed by atoms with van der Waals surface area (Å²) in [6.45, 7) is 11.3. The molecule has 4 heterocycles. The van der Waals surface area contributed by atoms with Crippen LogP contribution in [0.3, 0.4) is 0 Å². The van der Waals surface area contributed by atoms with Crippen LogP contribution in [0.5, 0.6) is 0 Å². The number of anilines is 2. The summed E-state index contributed by atoms with van der Waals surface area (Å²) in [7, 11) is 0. The molecule has 0 aliphatic carbocycles. The zero-order valence-corrected chi connectivity index (χ0v) is 21.2. The van der Waals surface area contributed by atoms with Crippen LogP contribution >= 0.6 is 11.6 Å². The molecule has 184 valence electrons. The van der Waals surface area contributed by atoms with Crippen LogP contribution in [-0.2, 0) is 17.7 Å². The summed E-state index contributed by atoms with van der Waals surface area (Å²) in [6, 6.07) is 15.3. The lowest BCUT2D eigenvalue weighted by molar-refractivity contribution is -0.0339. The highest BCUT2D eigenvalue weighted by atomic mass is 35.5. The van der Waals surface area contributed by atoms with Crippen LogP contribution in [0.15, 0.2) is 48.7 Å². The summed E-state index contributed by atoms with van der Waals surface area (Å²) in [6.07, 6.45) is 3.26. The van der Waals surface area contributed by atoms with Crippen molar-refractivity contribution in [3.8, 4) is 0 Å². The van der Waals surface area contributed by atoms with Crippen LogP contribution in [0, 0.1) is 0 Å². The third-order valence-electron chi connectivity index (χ3n) is 7.59. The maximum Gasteiger partial charge on any atom is 0.0908 e. The molecule has 3 aliphatic rings. The quantitative estimate of drug-likeness (QED) is 0.596. The van der Waals surface area contributed by atoms with E-state index in [2.05, 4.69) is 62.3 Å². The molecular weight excluding hydrogens is 458 g/mol. The van der Waals surface area contributed by atoms with E-state index in [-0.39, 0.29) is 12.2 Å². The van der Waals surface area contributed by atoms with Crippen molar-refractivity contribution in [2.24, 2.45) is 0 Å². The standard InChI is InChI=1S/C28H34ClN5O/c1-20-16-34(27-7-6-26(29)28-25(27)3-2-9-31-28)19-24(35-20)18-32-12-8-21-15-23(5-4-22(21)17-32)33-13-10-30-11-14-33/h2-7,9,15,20,24,30H,8,10-14,16-19H2,1H3/t20-,24+/m1/s1. The summed E-state index contributed by atoms with van der Waals surface area (Å²) in [5.41, 5.74) is 6.42. The van der Waals surface area contributed by atoms with Gasteiger partial charge in [0.15, 0.2) is 0 Å². The number of hydrogen-bond donors (Lipinski definition) is 1. The predicted molar refractivity (Wildman–Crippen MR) is 144 cm³/mol. The summed E-state index contributed by atoms with van der Waals surface area (Å²) in [5.74, 6) is 0. The zero-order valence-electron chi connectivity index (χ0n) is 20.4. The van der Waals surface area contributed by atoms with Crippen LogP contribution < -0.4 is 15.1 Å². The summed E-state index contributed by atoms with van der Waals surface area (Å²) < 4.78 is 6.43. The van der Waals surface area contributed by atoms with Gasteiger partial charge in [0.1, 0.15) is 0 Å². The first-order chi connectivity index (χ1) is 17.1. The van der Waals surface area contributed by atoms with E-state index in [4.69, 9.17) is 16.3 Å². The molecule has 0 unspecified atom stereocenters. The Morgan fingerprint density at radius 1 is 1.03 bits per heavy atom. The molecule has 3 aromatic rings. The third-order valence-corrected chi connectivity index (χ3v) is 7.89. The molecule has 0 bridgehead atoms. The number of hydrogen-bond acceptors (Lipinski definition) is 6. The van der Waals surface area contributed by atoms with Gasteiger partial charge in [-0.25, -0.2) is 0 Å². The molecular formula is C28H34ClN5O. The van der Waals surface area contributed by atoms with Gasteiger partial charge in [-0.1, -0.05) is 17.7 Å². The Morgan fingerprint density at radius 3 is 2.80 bits per heavy atom. The Labute approximate surface area is 212 Å². The lowest BCUT2D eigenvalue weighted by atomic mass is 9.98. The third kappa shape index (κ3) is 4.85. The summed E-state index contributed by atoms with van der Waals surface area (Å²) in [5, 5.41) is 5.26. The van der Waals surface area contributed by atoms with E-state index in [1.54, 1.807) is 0 Å². The largest absolute Gasteiger partial charge is 0.370 e. The zero-order chi connectivity index (χ0) is 23.8. The van der Waals surface area contributed by atoms with Crippen molar-refractivity contribution >= 4 is 33.9 Å². The van der Waals surface area contributed by atoms with Crippen molar-refractivity contribution in [3.05, 3.63) is 64.8 Å². The van der Waals surface area contributed by atoms with Crippen LogP contribution in [-0.4, -0.2) is 74.4 Å². The number of ether oxygens (including phenoxy) is 1. The second kappa shape index (κ2) is 9.94. The number of nitrogens with one attached hydrogen (secondary N) is 1. The van der Waals surface area contributed by atoms with Crippen molar-refractivity contribution in [1.29, 1.82) is 0 Å². The minimum atomic E-state index is 0.169. The van der Waals surface area contributed by atoms with Crippen LogP contribution in [0.2, 0.25) is 5.02 Å². The molecule has 2 atom stereocenters. The van der Waals surface area contributed by atoms with Crippen LogP contribution in [0.4, 0.5) is 11.4 Å². The fourth-order valence-electron chi connectivity index (χ4n) is 5.90. The van der Waals surface area contributed by atoms with Crippen LogP contribution in [0.1, 0.15) is 18.1 Å². The van der Waals surface area contributed by atoms with Gasteiger partial charge in [0.2, 0.25) is 0 Å². The number of halogens is 1. The van der Waals surface area contributed by atoms with E-state index in [0.29, 0.717) is 5.02 Å². The van der Waals surface area contributed by atoms with E-state index in [1.165, 1.54) is 22.5 Å². The summed E-state index contributed by atoms with van der Waals surface area (Å²) in [4.78, 5) is 12.0. The molecule has 6 nitrogen and oxygen atoms in total. The first-order valence-corrected chi connectivity index (χ1v) is 13.3. The first-order valence-electron chi connectivity index (χ1n) is 12.9. The van der Waals surface area contributed by atoms with Gasteiger partial charge in [-0.2, -0.15) is 0 Å². The average Bonchev–Trinajstić information content (AvgIpc) is 2.89. The fourth-order valence-corrected chi connectivity index (χ4v) is 6.12. The molecule has 1 aromatic heterocycles. The maximum absolute atomic E-state index is 6.43. The molecule has 2 saturated heterocycles. The highest BCUT2D eigenvalue weighted by Gasteiger charge is 2.29. The monoisotopic (exact) mass is 491 g/mol. The molecule has 2 fully saturated rings. The number of pyridine rings is 1. The van der Waals surface area contributed by atoms with Gasteiger partial charge >= 0.3 is 0 Å². The van der Waals surface area contributed by atoms with Gasteiger partial charge in [0.25, 0.3) is 0 Å². The van der Waals surface area contributed by atoms with Crippen LogP contribution in [0.25, 0.3) is 10.9 Å². The number of nitrogens with zero attached hydrogens (tertiary/aromatic N) is 4.